The minimum atomic E-state index is -2.03. The van der Waals surface area contributed by atoms with Crippen LogP contribution in [-0.4, -0.2) is 103 Å². The smallest absolute Gasteiger partial charge is 0.200 e. The lowest BCUT2D eigenvalue weighted by atomic mass is 9.93. The summed E-state index contributed by atoms with van der Waals surface area (Å²) in [5.74, 6) is -0.0640. The quantitative estimate of drug-likeness (QED) is 0.183. The van der Waals surface area contributed by atoms with Crippen LogP contribution in [0.5, 0.6) is 11.5 Å². The Bertz CT molecular complexity index is 1390. The van der Waals surface area contributed by atoms with Gasteiger partial charge < -0.3 is 54.5 Å². The molecule has 0 spiro atoms. The summed E-state index contributed by atoms with van der Waals surface area (Å²) in [6, 6.07) is 8.26. The van der Waals surface area contributed by atoms with Crippen LogP contribution in [0.1, 0.15) is 5.56 Å². The second-order valence-corrected chi connectivity index (χ2v) is 9.58. The summed E-state index contributed by atoms with van der Waals surface area (Å²) in [5.41, 5.74) is -0.773. The molecule has 12 nitrogen and oxygen atoms in total. The van der Waals surface area contributed by atoms with Crippen molar-refractivity contribution in [2.24, 2.45) is 7.05 Å². The van der Waals surface area contributed by atoms with E-state index in [1.54, 1.807) is 35.9 Å². The number of hydrogen-bond acceptors (Lipinski definition) is 11. The average Bonchev–Trinajstić information content (AvgIpc) is 3.33. The fraction of sp³-hybridized carbons (Fsp3) is 0.480. The van der Waals surface area contributed by atoms with Crippen LogP contribution in [0, 0.1) is 0 Å². The molecule has 37 heavy (non-hydrogen) atoms. The van der Waals surface area contributed by atoms with Crippen LogP contribution >= 0.6 is 0 Å². The summed E-state index contributed by atoms with van der Waals surface area (Å²) in [5, 5.41) is 72.1. The molecule has 12 heteroatoms. The highest BCUT2D eigenvalue weighted by molar-refractivity contribution is 5.99. The lowest BCUT2D eigenvalue weighted by Gasteiger charge is -2.41. The number of rotatable bonds is 6. The van der Waals surface area contributed by atoms with Gasteiger partial charge in [0.25, 0.3) is 0 Å². The third kappa shape index (κ3) is 4.06. The summed E-state index contributed by atoms with van der Waals surface area (Å²) in [6.07, 6.45) is -8.69. The zero-order valence-corrected chi connectivity index (χ0v) is 19.9. The van der Waals surface area contributed by atoms with Gasteiger partial charge in [-0.3, -0.25) is 4.79 Å². The first-order valence-electron chi connectivity index (χ1n) is 11.8. The van der Waals surface area contributed by atoms with Crippen molar-refractivity contribution in [3.63, 3.8) is 0 Å². The number of phenolic OH excluding ortho intramolecular Hbond substituents is 1. The maximum absolute atomic E-state index is 13.2. The van der Waals surface area contributed by atoms with Crippen molar-refractivity contribution in [2.45, 2.75) is 48.8 Å². The number of pyridine rings is 1. The number of aromatic nitrogens is 1. The highest BCUT2D eigenvalue weighted by Gasteiger charge is 2.48. The Morgan fingerprint density at radius 3 is 2.57 bits per heavy atom. The Hall–Kier alpha value is -2.81. The Kier molecular flexibility index (Phi) is 6.63. The third-order valence-corrected chi connectivity index (χ3v) is 7.29. The Labute approximate surface area is 210 Å². The predicted molar refractivity (Wildman–Crippen MR) is 128 cm³/mol. The fourth-order valence-electron chi connectivity index (χ4n) is 5.13. The van der Waals surface area contributed by atoms with E-state index in [1.807, 2.05) is 0 Å². The van der Waals surface area contributed by atoms with Gasteiger partial charge in [0, 0.05) is 30.5 Å². The SMILES string of the molecule is Cn1c2ccccc2c(=O)c2c(O)cc3c(c21)CC(C(O)(CO)COC1OC(CO)C(O)C(O)C1O)O3. The molecule has 7 N–H and O–H groups in total. The van der Waals surface area contributed by atoms with Gasteiger partial charge in [0.2, 0.25) is 5.43 Å². The molecule has 7 atom stereocenters. The van der Waals surface area contributed by atoms with E-state index in [0.29, 0.717) is 22.0 Å². The van der Waals surface area contributed by atoms with Gasteiger partial charge >= 0.3 is 0 Å². The highest BCUT2D eigenvalue weighted by atomic mass is 16.7. The molecule has 7 unspecified atom stereocenters. The summed E-state index contributed by atoms with van der Waals surface area (Å²) in [6.45, 7) is -2.09. The van der Waals surface area contributed by atoms with Crippen LogP contribution in [0.3, 0.4) is 0 Å². The molecule has 2 aliphatic rings. The second kappa shape index (κ2) is 9.49. The van der Waals surface area contributed by atoms with E-state index >= 15 is 0 Å². The fourth-order valence-corrected chi connectivity index (χ4v) is 5.13. The molecule has 1 aromatic heterocycles. The van der Waals surface area contributed by atoms with Crippen molar-refractivity contribution in [1.29, 1.82) is 0 Å². The Morgan fingerprint density at radius 2 is 1.86 bits per heavy atom. The molecule has 3 aromatic rings. The van der Waals surface area contributed by atoms with Crippen LogP contribution < -0.4 is 10.2 Å². The standard InChI is InChI=1S/C25H29NO11/c1-26-13-5-3-2-4-11(13)20(30)18-14(29)7-15-12(19(18)26)6-17(36-15)25(34,9-28)10-35-24-23(33)22(32)21(31)16(8-27)37-24/h2-5,7,16-17,21-24,27-29,31-34H,6,8-10H2,1H3. The predicted octanol–water partition coefficient (Wildman–Crippen LogP) is -1.76. The number of para-hydroxylation sites is 1. The summed E-state index contributed by atoms with van der Waals surface area (Å²) in [7, 11) is 1.75. The van der Waals surface area contributed by atoms with Crippen LogP contribution in [0.2, 0.25) is 0 Å². The number of fused-ring (bicyclic) bond motifs is 4. The van der Waals surface area contributed by atoms with E-state index in [-0.39, 0.29) is 28.7 Å². The first-order chi connectivity index (χ1) is 17.6. The normalized spacial score (nSPS) is 29.3. The lowest BCUT2D eigenvalue weighted by molar-refractivity contribution is -0.312. The van der Waals surface area contributed by atoms with Gasteiger partial charge in [-0.25, -0.2) is 0 Å². The number of phenols is 1. The lowest BCUT2D eigenvalue weighted by Crippen LogP contribution is -2.60. The van der Waals surface area contributed by atoms with Crippen molar-refractivity contribution < 1.29 is 50.0 Å². The zero-order valence-electron chi connectivity index (χ0n) is 19.9. The summed E-state index contributed by atoms with van der Waals surface area (Å²) >= 11 is 0. The number of nitrogens with zero attached hydrogens (tertiary/aromatic N) is 1. The van der Waals surface area contributed by atoms with Gasteiger partial charge in [0.1, 0.15) is 47.6 Å². The van der Waals surface area contributed by atoms with E-state index < -0.39 is 62.2 Å². The molecule has 3 heterocycles. The minimum absolute atomic E-state index is 0.0484. The largest absolute Gasteiger partial charge is 0.507 e. The Morgan fingerprint density at radius 1 is 1.14 bits per heavy atom. The molecule has 2 aliphatic heterocycles. The van der Waals surface area contributed by atoms with E-state index in [4.69, 9.17) is 14.2 Å². The van der Waals surface area contributed by atoms with Crippen molar-refractivity contribution in [2.75, 3.05) is 19.8 Å². The third-order valence-electron chi connectivity index (χ3n) is 7.29. The molecule has 200 valence electrons. The number of hydrogen-bond donors (Lipinski definition) is 7. The van der Waals surface area contributed by atoms with Gasteiger partial charge in [-0.15, -0.1) is 0 Å². The van der Waals surface area contributed by atoms with Crippen molar-refractivity contribution in [3.8, 4) is 11.5 Å². The molecular formula is C25H29NO11. The van der Waals surface area contributed by atoms with Gasteiger partial charge in [-0.05, 0) is 12.1 Å². The zero-order chi connectivity index (χ0) is 26.6. The van der Waals surface area contributed by atoms with Gasteiger partial charge in [-0.2, -0.15) is 0 Å². The van der Waals surface area contributed by atoms with Crippen LogP contribution in [0.15, 0.2) is 35.1 Å². The topological polar surface area (TPSA) is 191 Å². The van der Waals surface area contributed by atoms with Gasteiger partial charge in [-0.1, -0.05) is 12.1 Å². The van der Waals surface area contributed by atoms with Crippen LogP contribution in [0.4, 0.5) is 0 Å². The maximum atomic E-state index is 13.2. The molecule has 0 radical (unpaired) electrons. The number of ether oxygens (including phenoxy) is 3. The van der Waals surface area contributed by atoms with E-state index in [0.717, 1.165) is 0 Å². The van der Waals surface area contributed by atoms with Crippen molar-refractivity contribution >= 4 is 21.8 Å². The molecule has 1 fully saturated rings. The number of aryl methyl sites for hydroxylation is 1. The first kappa shape index (κ1) is 25.8. The Balaban J connectivity index is 1.46. The van der Waals surface area contributed by atoms with Crippen molar-refractivity contribution in [3.05, 3.63) is 46.1 Å². The van der Waals surface area contributed by atoms with Gasteiger partial charge in [0.05, 0.1) is 36.2 Å². The molecule has 1 saturated heterocycles. The number of aromatic hydroxyl groups is 1. The molecule has 2 aromatic carbocycles. The highest BCUT2D eigenvalue weighted by Crippen LogP contribution is 2.42. The molecular weight excluding hydrogens is 490 g/mol. The number of aliphatic hydroxyl groups excluding tert-OH is 5. The second-order valence-electron chi connectivity index (χ2n) is 9.58. The monoisotopic (exact) mass is 519 g/mol. The number of aliphatic hydroxyl groups is 6. The molecule has 0 saturated carbocycles. The van der Waals surface area contributed by atoms with E-state index in [1.165, 1.54) is 6.07 Å². The minimum Gasteiger partial charge on any atom is -0.507 e. The number of benzene rings is 2. The molecule has 0 amide bonds. The van der Waals surface area contributed by atoms with Crippen LogP contribution in [-0.2, 0) is 22.9 Å². The molecule has 0 bridgehead atoms. The van der Waals surface area contributed by atoms with E-state index in [2.05, 4.69) is 0 Å². The van der Waals surface area contributed by atoms with Gasteiger partial charge in [0.15, 0.2) is 6.29 Å². The first-order valence-corrected chi connectivity index (χ1v) is 11.8. The average molecular weight is 520 g/mol. The van der Waals surface area contributed by atoms with Crippen LogP contribution in [0.25, 0.3) is 21.8 Å². The molecule has 0 aliphatic carbocycles. The summed E-state index contributed by atoms with van der Waals surface area (Å²) in [4.78, 5) is 13.2. The van der Waals surface area contributed by atoms with Crippen molar-refractivity contribution in [1.82, 2.24) is 4.57 Å². The van der Waals surface area contributed by atoms with E-state index in [9.17, 15) is 40.5 Å². The summed E-state index contributed by atoms with van der Waals surface area (Å²) < 4.78 is 18.4. The maximum Gasteiger partial charge on any atom is 0.200 e. The molecule has 5 rings (SSSR count).